The second-order valence-corrected chi connectivity index (χ2v) is 4.81. The molecule has 0 N–H and O–H groups in total. The van der Waals surface area contributed by atoms with E-state index in [1.807, 2.05) is 0 Å². The molecule has 0 heterocycles. The van der Waals surface area contributed by atoms with E-state index in [1.165, 1.54) is 0 Å². The van der Waals surface area contributed by atoms with Crippen LogP contribution in [0.2, 0.25) is 0 Å². The first kappa shape index (κ1) is 16.4. The molecule has 0 aromatic heterocycles. The summed E-state index contributed by atoms with van der Waals surface area (Å²) < 4.78 is 15.7. The Bertz CT molecular complexity index is 142. The maximum atomic E-state index is 5.51. The van der Waals surface area contributed by atoms with Gasteiger partial charge in [0.05, 0.1) is 26.4 Å². The fraction of sp³-hybridized carbons (Fsp3) is 1.00. The highest BCUT2D eigenvalue weighted by Gasteiger charge is 2.10. The molecule has 0 saturated carbocycles. The van der Waals surface area contributed by atoms with E-state index in [1.54, 1.807) is 7.11 Å². The molecule has 0 rings (SSSR count). The summed E-state index contributed by atoms with van der Waals surface area (Å²) in [6.45, 7) is 7.96. The largest absolute Gasteiger partial charge is 0.382 e. The van der Waals surface area contributed by atoms with Crippen LogP contribution >= 0.6 is 15.9 Å². The van der Waals surface area contributed by atoms with Gasteiger partial charge in [0, 0.05) is 19.0 Å². The number of hydrogen-bond donors (Lipinski definition) is 0. The van der Waals surface area contributed by atoms with Crippen LogP contribution in [0.1, 0.15) is 20.3 Å². The number of halogens is 1. The van der Waals surface area contributed by atoms with Gasteiger partial charge >= 0.3 is 0 Å². The lowest BCUT2D eigenvalue weighted by molar-refractivity contribution is 0.0213. The number of rotatable bonds is 11. The van der Waals surface area contributed by atoms with Crippen LogP contribution in [0.4, 0.5) is 0 Å². The predicted molar refractivity (Wildman–Crippen MR) is 70.3 cm³/mol. The quantitative estimate of drug-likeness (QED) is 0.433. The Balaban J connectivity index is 3.19. The predicted octanol–water partition coefficient (Wildman–Crippen LogP) is 2.72. The van der Waals surface area contributed by atoms with Gasteiger partial charge in [-0.05, 0) is 18.3 Å². The molecular weight excluding hydrogens is 272 g/mol. The first-order valence-electron chi connectivity index (χ1n) is 5.92. The molecule has 0 bridgehead atoms. The number of alkyl halides is 1. The topological polar surface area (TPSA) is 27.7 Å². The molecule has 0 aliphatic heterocycles. The molecule has 0 aliphatic carbocycles. The van der Waals surface area contributed by atoms with Gasteiger partial charge in [-0.1, -0.05) is 29.8 Å². The van der Waals surface area contributed by atoms with Crippen molar-refractivity contribution in [3.63, 3.8) is 0 Å². The second kappa shape index (κ2) is 11.8. The van der Waals surface area contributed by atoms with Crippen molar-refractivity contribution in [3.8, 4) is 0 Å². The molecule has 0 aromatic rings. The molecule has 16 heavy (non-hydrogen) atoms. The maximum Gasteiger partial charge on any atom is 0.0701 e. The Hall–Kier alpha value is 0.360. The van der Waals surface area contributed by atoms with E-state index in [2.05, 4.69) is 29.8 Å². The van der Waals surface area contributed by atoms with E-state index < -0.39 is 0 Å². The summed E-state index contributed by atoms with van der Waals surface area (Å²) in [6.07, 6.45) is 1.11. The third kappa shape index (κ3) is 9.58. The van der Waals surface area contributed by atoms with Gasteiger partial charge in [0.15, 0.2) is 0 Å². The normalized spacial score (nSPS) is 13.3. The molecule has 98 valence electrons. The molecule has 0 aliphatic rings. The molecule has 3 nitrogen and oxygen atoms in total. The van der Waals surface area contributed by atoms with Crippen molar-refractivity contribution < 1.29 is 14.2 Å². The Morgan fingerprint density at radius 3 is 2.00 bits per heavy atom. The van der Waals surface area contributed by atoms with Crippen LogP contribution < -0.4 is 0 Å². The Morgan fingerprint density at radius 1 is 0.938 bits per heavy atom. The van der Waals surface area contributed by atoms with Crippen LogP contribution in [0.15, 0.2) is 0 Å². The van der Waals surface area contributed by atoms with Crippen LogP contribution in [0.25, 0.3) is 0 Å². The Morgan fingerprint density at radius 2 is 1.50 bits per heavy atom. The summed E-state index contributed by atoms with van der Waals surface area (Å²) in [5.74, 6) is 1.41. The zero-order chi connectivity index (χ0) is 12.2. The summed E-state index contributed by atoms with van der Waals surface area (Å²) in [5, 5.41) is 1.05. The average molecular weight is 297 g/mol. The SMILES string of the molecule is COCCOCCOCCC(CBr)C(C)C. The van der Waals surface area contributed by atoms with E-state index in [9.17, 15) is 0 Å². The minimum absolute atomic E-state index is 0.649. The van der Waals surface area contributed by atoms with Gasteiger partial charge in [-0.15, -0.1) is 0 Å². The van der Waals surface area contributed by atoms with Crippen molar-refractivity contribution in [1.82, 2.24) is 0 Å². The van der Waals surface area contributed by atoms with Gasteiger partial charge in [-0.3, -0.25) is 0 Å². The van der Waals surface area contributed by atoms with Crippen LogP contribution in [0, 0.1) is 11.8 Å². The summed E-state index contributed by atoms with van der Waals surface area (Å²) in [7, 11) is 1.67. The van der Waals surface area contributed by atoms with Crippen molar-refractivity contribution >= 4 is 15.9 Å². The molecule has 0 aromatic carbocycles. The summed E-state index contributed by atoms with van der Waals surface area (Å²) in [5.41, 5.74) is 0. The number of ether oxygens (including phenoxy) is 3. The van der Waals surface area contributed by atoms with Gasteiger partial charge in [-0.25, -0.2) is 0 Å². The van der Waals surface area contributed by atoms with Crippen LogP contribution in [-0.2, 0) is 14.2 Å². The number of methoxy groups -OCH3 is 1. The van der Waals surface area contributed by atoms with Crippen LogP contribution in [0.3, 0.4) is 0 Å². The second-order valence-electron chi connectivity index (χ2n) is 4.16. The number of hydrogen-bond acceptors (Lipinski definition) is 3. The van der Waals surface area contributed by atoms with Gasteiger partial charge in [0.2, 0.25) is 0 Å². The van der Waals surface area contributed by atoms with Gasteiger partial charge in [0.25, 0.3) is 0 Å². The van der Waals surface area contributed by atoms with E-state index in [0.29, 0.717) is 38.3 Å². The highest BCUT2D eigenvalue weighted by Crippen LogP contribution is 2.17. The van der Waals surface area contributed by atoms with Gasteiger partial charge in [0.1, 0.15) is 0 Å². The standard InChI is InChI=1S/C12H25BrO3/c1-11(2)12(10-13)4-5-15-8-9-16-7-6-14-3/h11-12H,4-10H2,1-3H3. The first-order chi connectivity index (χ1) is 7.72. The first-order valence-corrected chi connectivity index (χ1v) is 7.04. The monoisotopic (exact) mass is 296 g/mol. The van der Waals surface area contributed by atoms with Crippen LogP contribution in [0.5, 0.6) is 0 Å². The van der Waals surface area contributed by atoms with Gasteiger partial charge in [-0.2, -0.15) is 0 Å². The highest BCUT2D eigenvalue weighted by molar-refractivity contribution is 9.09. The van der Waals surface area contributed by atoms with Gasteiger partial charge < -0.3 is 14.2 Å². The lowest BCUT2D eigenvalue weighted by Crippen LogP contribution is -2.15. The highest BCUT2D eigenvalue weighted by atomic mass is 79.9. The summed E-state index contributed by atoms with van der Waals surface area (Å²) in [4.78, 5) is 0. The average Bonchev–Trinajstić information content (AvgIpc) is 2.26. The molecule has 0 amide bonds. The fourth-order valence-corrected chi connectivity index (χ4v) is 2.36. The third-order valence-corrected chi connectivity index (χ3v) is 3.41. The van der Waals surface area contributed by atoms with E-state index in [0.717, 1.165) is 18.4 Å². The zero-order valence-corrected chi connectivity index (χ0v) is 12.3. The molecule has 0 radical (unpaired) electrons. The van der Waals surface area contributed by atoms with Crippen molar-refractivity contribution in [2.24, 2.45) is 11.8 Å². The lowest BCUT2D eigenvalue weighted by Gasteiger charge is -2.17. The minimum atomic E-state index is 0.649. The summed E-state index contributed by atoms with van der Waals surface area (Å²) in [6, 6.07) is 0. The van der Waals surface area contributed by atoms with Crippen molar-refractivity contribution in [1.29, 1.82) is 0 Å². The van der Waals surface area contributed by atoms with E-state index >= 15 is 0 Å². The third-order valence-electron chi connectivity index (χ3n) is 2.58. The van der Waals surface area contributed by atoms with Crippen molar-refractivity contribution in [3.05, 3.63) is 0 Å². The van der Waals surface area contributed by atoms with Crippen molar-refractivity contribution in [2.75, 3.05) is 45.5 Å². The fourth-order valence-electron chi connectivity index (χ4n) is 1.29. The molecule has 0 saturated heterocycles. The van der Waals surface area contributed by atoms with E-state index in [4.69, 9.17) is 14.2 Å². The molecule has 0 fully saturated rings. The zero-order valence-electron chi connectivity index (χ0n) is 10.7. The van der Waals surface area contributed by atoms with Crippen LogP contribution in [-0.4, -0.2) is 45.5 Å². The molecule has 1 atom stereocenters. The van der Waals surface area contributed by atoms with Crippen molar-refractivity contribution in [2.45, 2.75) is 20.3 Å². The molecule has 0 spiro atoms. The summed E-state index contributed by atoms with van der Waals surface area (Å²) >= 11 is 3.53. The smallest absolute Gasteiger partial charge is 0.0701 e. The maximum absolute atomic E-state index is 5.51. The Kier molecular flexibility index (Phi) is 12.1. The van der Waals surface area contributed by atoms with E-state index in [-0.39, 0.29) is 0 Å². The minimum Gasteiger partial charge on any atom is -0.382 e. The molecule has 1 unspecified atom stereocenters. The Labute approximate surface area is 108 Å². The molecule has 4 heteroatoms. The lowest BCUT2D eigenvalue weighted by atomic mass is 9.95. The molecular formula is C12H25BrO3.